The SMILES string of the molecule is Cc1ccsc1/C=C(\C#N)C(=O)NCC[NH+]1CCCCC1. The van der Waals surface area contributed by atoms with Crippen LogP contribution in [-0.2, 0) is 4.79 Å². The van der Waals surface area contributed by atoms with Crippen LogP contribution in [0.15, 0.2) is 17.0 Å². The van der Waals surface area contributed by atoms with Crippen molar-refractivity contribution in [2.24, 2.45) is 0 Å². The van der Waals surface area contributed by atoms with Crippen LogP contribution >= 0.6 is 11.3 Å². The van der Waals surface area contributed by atoms with Crippen LogP contribution < -0.4 is 10.2 Å². The van der Waals surface area contributed by atoms with Gasteiger partial charge in [-0.3, -0.25) is 4.79 Å². The van der Waals surface area contributed by atoms with E-state index in [-0.39, 0.29) is 11.5 Å². The molecule has 1 aliphatic heterocycles. The number of piperidine rings is 1. The van der Waals surface area contributed by atoms with Crippen molar-refractivity contribution >= 4 is 23.3 Å². The van der Waals surface area contributed by atoms with E-state index in [1.54, 1.807) is 22.3 Å². The van der Waals surface area contributed by atoms with E-state index in [0.717, 1.165) is 17.0 Å². The first-order valence-corrected chi connectivity index (χ1v) is 8.36. The Kier molecular flexibility index (Phi) is 5.97. The highest BCUT2D eigenvalue weighted by Gasteiger charge is 2.14. The van der Waals surface area contributed by atoms with E-state index in [4.69, 9.17) is 5.26 Å². The molecule has 0 radical (unpaired) electrons. The second kappa shape index (κ2) is 7.96. The maximum atomic E-state index is 12.0. The Hall–Kier alpha value is -1.64. The van der Waals surface area contributed by atoms with Gasteiger partial charge in [0, 0.05) is 4.88 Å². The summed E-state index contributed by atoms with van der Waals surface area (Å²) in [6, 6.07) is 3.99. The summed E-state index contributed by atoms with van der Waals surface area (Å²) in [4.78, 5) is 14.6. The predicted molar refractivity (Wildman–Crippen MR) is 85.1 cm³/mol. The third-order valence-electron chi connectivity index (χ3n) is 3.87. The Labute approximate surface area is 130 Å². The van der Waals surface area contributed by atoms with Gasteiger partial charge >= 0.3 is 0 Å². The molecule has 2 rings (SSSR count). The van der Waals surface area contributed by atoms with Gasteiger partial charge in [0.2, 0.25) is 0 Å². The molecule has 0 unspecified atom stereocenters. The highest BCUT2D eigenvalue weighted by molar-refractivity contribution is 7.11. The standard InChI is InChI=1S/C16H21N3OS/c1-13-5-10-21-15(13)11-14(12-17)16(20)18-6-9-19-7-3-2-4-8-19/h5,10-11H,2-4,6-9H2,1H3,(H,18,20)/p+1/b14-11+. The number of nitrogens with zero attached hydrogens (tertiary/aromatic N) is 1. The Morgan fingerprint density at radius 1 is 1.48 bits per heavy atom. The molecule has 21 heavy (non-hydrogen) atoms. The molecule has 1 fully saturated rings. The summed E-state index contributed by atoms with van der Waals surface area (Å²) in [6.07, 6.45) is 5.58. The van der Waals surface area contributed by atoms with Gasteiger partial charge in [0.25, 0.3) is 5.91 Å². The smallest absolute Gasteiger partial charge is 0.262 e. The molecular formula is C16H22N3OS+. The van der Waals surface area contributed by atoms with Gasteiger partial charge in [-0.1, -0.05) is 0 Å². The Balaban J connectivity index is 1.84. The molecule has 2 N–H and O–H groups in total. The minimum atomic E-state index is -0.262. The number of nitriles is 1. The van der Waals surface area contributed by atoms with E-state index < -0.39 is 0 Å². The molecule has 0 aliphatic carbocycles. The molecule has 0 saturated carbocycles. The quantitative estimate of drug-likeness (QED) is 0.633. The van der Waals surface area contributed by atoms with Crippen LogP contribution in [0.5, 0.6) is 0 Å². The molecular weight excluding hydrogens is 282 g/mol. The largest absolute Gasteiger partial charge is 0.346 e. The highest BCUT2D eigenvalue weighted by atomic mass is 32.1. The van der Waals surface area contributed by atoms with Crippen LogP contribution in [-0.4, -0.2) is 32.1 Å². The van der Waals surface area contributed by atoms with Gasteiger partial charge in [-0.15, -0.1) is 11.3 Å². The van der Waals surface area contributed by atoms with Crippen LogP contribution in [0.3, 0.4) is 0 Å². The maximum Gasteiger partial charge on any atom is 0.262 e. The van der Waals surface area contributed by atoms with Crippen LogP contribution in [0.2, 0.25) is 0 Å². The fraction of sp³-hybridized carbons (Fsp3) is 0.500. The Bertz CT molecular complexity index is 550. The lowest BCUT2D eigenvalue weighted by Crippen LogP contribution is -3.13. The number of hydrogen-bond donors (Lipinski definition) is 2. The van der Waals surface area contributed by atoms with Crippen molar-refractivity contribution in [2.45, 2.75) is 26.2 Å². The fourth-order valence-corrected chi connectivity index (χ4v) is 3.42. The van der Waals surface area contributed by atoms with Crippen LogP contribution in [0, 0.1) is 18.3 Å². The molecule has 0 aromatic carbocycles. The van der Waals surface area contributed by atoms with E-state index in [2.05, 4.69) is 5.32 Å². The molecule has 4 nitrogen and oxygen atoms in total. The first-order valence-electron chi connectivity index (χ1n) is 7.48. The number of nitrogens with one attached hydrogen (secondary N) is 2. The first-order chi connectivity index (χ1) is 10.2. The third-order valence-corrected chi connectivity index (χ3v) is 4.83. The second-order valence-electron chi connectivity index (χ2n) is 5.45. The summed E-state index contributed by atoms with van der Waals surface area (Å²) >= 11 is 1.55. The van der Waals surface area contributed by atoms with Gasteiger partial charge in [-0.2, -0.15) is 5.26 Å². The first kappa shape index (κ1) is 15.7. The van der Waals surface area contributed by atoms with Crippen molar-refractivity contribution in [3.63, 3.8) is 0 Å². The van der Waals surface area contributed by atoms with E-state index in [9.17, 15) is 4.79 Å². The minimum absolute atomic E-state index is 0.189. The lowest BCUT2D eigenvalue weighted by Gasteiger charge is -2.23. The van der Waals surface area contributed by atoms with Crippen molar-refractivity contribution in [3.05, 3.63) is 27.5 Å². The number of amides is 1. The van der Waals surface area contributed by atoms with Gasteiger partial charge in [-0.25, -0.2) is 0 Å². The lowest BCUT2D eigenvalue weighted by molar-refractivity contribution is -0.903. The summed E-state index contributed by atoms with van der Waals surface area (Å²) in [5.41, 5.74) is 1.28. The van der Waals surface area contributed by atoms with Gasteiger partial charge in [0.05, 0.1) is 26.2 Å². The molecule has 112 valence electrons. The Morgan fingerprint density at radius 2 is 2.24 bits per heavy atom. The topological polar surface area (TPSA) is 57.3 Å². The molecule has 1 aromatic heterocycles. The normalized spacial score (nSPS) is 16.5. The molecule has 0 spiro atoms. The third kappa shape index (κ3) is 4.69. The van der Waals surface area contributed by atoms with Crippen LogP contribution in [0.4, 0.5) is 0 Å². The fourth-order valence-electron chi connectivity index (χ4n) is 2.56. The maximum absolute atomic E-state index is 12.0. The van der Waals surface area contributed by atoms with Gasteiger partial charge in [0.15, 0.2) is 0 Å². The second-order valence-corrected chi connectivity index (χ2v) is 6.40. The van der Waals surface area contributed by atoms with Crippen molar-refractivity contribution in [1.82, 2.24) is 5.32 Å². The van der Waals surface area contributed by atoms with Crippen molar-refractivity contribution in [2.75, 3.05) is 26.2 Å². The molecule has 1 aliphatic rings. The van der Waals surface area contributed by atoms with Crippen molar-refractivity contribution in [3.8, 4) is 6.07 Å². The average molecular weight is 304 g/mol. The number of quaternary nitrogens is 1. The average Bonchev–Trinajstić information content (AvgIpc) is 2.91. The zero-order chi connectivity index (χ0) is 15.1. The summed E-state index contributed by atoms with van der Waals surface area (Å²) in [5.74, 6) is -0.262. The Morgan fingerprint density at radius 3 is 2.86 bits per heavy atom. The number of aryl methyl sites for hydroxylation is 1. The monoisotopic (exact) mass is 304 g/mol. The van der Waals surface area contributed by atoms with Gasteiger partial charge in [-0.05, 0) is 49.3 Å². The predicted octanol–water partition coefficient (Wildman–Crippen LogP) is 1.15. The minimum Gasteiger partial charge on any atom is -0.346 e. The number of carbonyl (C=O) groups excluding carboxylic acids is 1. The lowest BCUT2D eigenvalue weighted by atomic mass is 10.1. The number of hydrogen-bond acceptors (Lipinski definition) is 3. The van der Waals surface area contributed by atoms with E-state index in [1.807, 2.05) is 24.4 Å². The van der Waals surface area contributed by atoms with Gasteiger partial charge < -0.3 is 10.2 Å². The molecule has 1 aromatic rings. The number of likely N-dealkylation sites (tertiary alicyclic amines) is 1. The molecule has 0 atom stereocenters. The molecule has 1 amide bonds. The van der Waals surface area contributed by atoms with Crippen molar-refractivity contribution in [1.29, 1.82) is 5.26 Å². The molecule has 5 heteroatoms. The van der Waals surface area contributed by atoms with E-state index in [1.165, 1.54) is 32.4 Å². The van der Waals surface area contributed by atoms with Crippen LogP contribution in [0.1, 0.15) is 29.7 Å². The summed E-state index contributed by atoms with van der Waals surface area (Å²) in [5, 5.41) is 14.0. The number of carbonyl (C=O) groups is 1. The molecule has 1 saturated heterocycles. The van der Waals surface area contributed by atoms with Gasteiger partial charge in [0.1, 0.15) is 11.6 Å². The molecule has 2 heterocycles. The summed E-state index contributed by atoms with van der Waals surface area (Å²) in [7, 11) is 0. The van der Waals surface area contributed by atoms with E-state index >= 15 is 0 Å². The van der Waals surface area contributed by atoms with Crippen LogP contribution in [0.25, 0.3) is 6.08 Å². The highest BCUT2D eigenvalue weighted by Crippen LogP contribution is 2.18. The summed E-state index contributed by atoms with van der Waals surface area (Å²) < 4.78 is 0. The molecule has 0 bridgehead atoms. The number of thiophene rings is 1. The van der Waals surface area contributed by atoms with Crippen molar-refractivity contribution < 1.29 is 9.69 Å². The number of rotatable bonds is 5. The summed E-state index contributed by atoms with van der Waals surface area (Å²) in [6.45, 7) is 5.96. The van der Waals surface area contributed by atoms with E-state index in [0.29, 0.717) is 6.54 Å². The zero-order valence-electron chi connectivity index (χ0n) is 12.4. The zero-order valence-corrected chi connectivity index (χ0v) is 13.3.